The molecule has 0 N–H and O–H groups in total. The predicted molar refractivity (Wildman–Crippen MR) is 183 cm³/mol. The van der Waals surface area contributed by atoms with Gasteiger partial charge in [0.05, 0.1) is 13.5 Å². The highest BCUT2D eigenvalue weighted by Crippen LogP contribution is 2.43. The van der Waals surface area contributed by atoms with Gasteiger partial charge in [0.2, 0.25) is 0 Å². The van der Waals surface area contributed by atoms with Gasteiger partial charge in [-0.15, -0.1) is 0 Å². The standard InChI is InChI=1S/C37H39B2NO/c1-10-17-19-21-27(9)29(14-5)37(26(8)13-4)40-32(20-12-3)30(15-6)39-31(22-18-11-2)34(16-7)41-35-24-28(25-38)23-33(40)36(35)39/h10-24H,1-2,5-7,25H2,3-4,8-9H3/b19-17-,20-12-,22-18-,26-13-,27-21+,37-29-. The van der Waals surface area contributed by atoms with Crippen LogP contribution in [0.2, 0.25) is 0 Å². The second-order valence-corrected chi connectivity index (χ2v) is 9.67. The molecule has 0 bridgehead atoms. The summed E-state index contributed by atoms with van der Waals surface area (Å²) in [5.74, 6) is 1.47. The van der Waals surface area contributed by atoms with E-state index < -0.39 is 0 Å². The van der Waals surface area contributed by atoms with Crippen LogP contribution in [-0.4, -0.2) is 14.6 Å². The van der Waals surface area contributed by atoms with Gasteiger partial charge in [0.25, 0.3) is 6.71 Å². The molecule has 0 amide bonds. The fraction of sp³-hybridized carbons (Fsp3) is 0.135. The molecule has 2 radical (unpaired) electrons. The van der Waals surface area contributed by atoms with Gasteiger partial charge < -0.3 is 9.64 Å². The van der Waals surface area contributed by atoms with Crippen LogP contribution in [0.3, 0.4) is 0 Å². The maximum Gasteiger partial charge on any atom is 0.256 e. The topological polar surface area (TPSA) is 12.5 Å². The molecule has 0 spiro atoms. The summed E-state index contributed by atoms with van der Waals surface area (Å²) in [6, 6.07) is 4.21. The molecule has 0 saturated heterocycles. The zero-order valence-electron chi connectivity index (χ0n) is 24.9. The number of ether oxygens (including phenoxy) is 1. The van der Waals surface area contributed by atoms with E-state index in [4.69, 9.17) is 12.6 Å². The lowest BCUT2D eigenvalue weighted by Gasteiger charge is -2.42. The number of anilines is 1. The second-order valence-electron chi connectivity index (χ2n) is 9.67. The maximum atomic E-state index is 6.52. The highest BCUT2D eigenvalue weighted by atomic mass is 16.5. The number of benzene rings is 1. The maximum absolute atomic E-state index is 6.52. The van der Waals surface area contributed by atoms with Crippen molar-refractivity contribution >= 4 is 25.7 Å². The average Bonchev–Trinajstić information content (AvgIpc) is 2.99. The van der Waals surface area contributed by atoms with Crippen LogP contribution in [0, 0.1) is 0 Å². The van der Waals surface area contributed by atoms with E-state index in [1.807, 2.05) is 49.4 Å². The largest absolute Gasteiger partial charge is 0.458 e. The molecule has 0 aliphatic carbocycles. The van der Waals surface area contributed by atoms with E-state index in [1.54, 1.807) is 18.2 Å². The molecule has 1 aromatic carbocycles. The fourth-order valence-corrected chi connectivity index (χ4v) is 5.31. The van der Waals surface area contributed by atoms with E-state index in [1.165, 1.54) is 0 Å². The summed E-state index contributed by atoms with van der Waals surface area (Å²) in [6.07, 6.45) is 25.8. The molecule has 0 fully saturated rings. The molecule has 4 heteroatoms. The average molecular weight is 535 g/mol. The molecule has 0 aromatic heterocycles. The third-order valence-corrected chi connectivity index (χ3v) is 7.26. The molecule has 0 atom stereocenters. The van der Waals surface area contributed by atoms with Crippen molar-refractivity contribution in [3.8, 4) is 5.75 Å². The highest BCUT2D eigenvalue weighted by Gasteiger charge is 2.43. The Morgan fingerprint density at radius 1 is 0.927 bits per heavy atom. The van der Waals surface area contributed by atoms with Crippen molar-refractivity contribution in [2.45, 2.75) is 34.0 Å². The van der Waals surface area contributed by atoms with Crippen molar-refractivity contribution in [3.63, 3.8) is 0 Å². The van der Waals surface area contributed by atoms with Crippen LogP contribution in [0.25, 0.3) is 0 Å². The number of hydrogen-bond acceptors (Lipinski definition) is 2. The summed E-state index contributed by atoms with van der Waals surface area (Å²) in [4.78, 5) is 2.31. The Bertz CT molecular complexity index is 1520. The number of allylic oxidation sites excluding steroid dienone is 18. The third-order valence-electron chi connectivity index (χ3n) is 7.26. The van der Waals surface area contributed by atoms with Gasteiger partial charge in [-0.25, -0.2) is 0 Å². The molecular formula is C37H39B2NO. The first kappa shape index (κ1) is 31.1. The smallest absolute Gasteiger partial charge is 0.256 e. The Hall–Kier alpha value is -4.43. The molecule has 204 valence electrons. The van der Waals surface area contributed by atoms with Crippen LogP contribution in [-0.2, 0) is 6.32 Å². The SMILES string of the molecule is [B]Cc1cc2c3c(c1)N(C(/C(C)=C\C)=C(C=C)\C(C)=C\C=C/C=C)C(/C=C\C)=C(C=C)B3C(/C=C\C=C)=C(C=C)O2. The first-order valence-electron chi connectivity index (χ1n) is 13.8. The van der Waals surface area contributed by atoms with Crippen molar-refractivity contribution in [1.29, 1.82) is 0 Å². The van der Waals surface area contributed by atoms with Crippen LogP contribution in [0.1, 0.15) is 33.3 Å². The lowest BCUT2D eigenvalue weighted by atomic mass is 9.33. The first-order valence-corrected chi connectivity index (χ1v) is 13.8. The van der Waals surface area contributed by atoms with Crippen molar-refractivity contribution < 1.29 is 4.74 Å². The zero-order chi connectivity index (χ0) is 30.1. The van der Waals surface area contributed by atoms with Crippen LogP contribution in [0.4, 0.5) is 5.69 Å². The molecule has 41 heavy (non-hydrogen) atoms. The minimum atomic E-state index is -0.128. The highest BCUT2D eigenvalue weighted by molar-refractivity contribution is 6.89. The summed E-state index contributed by atoms with van der Waals surface area (Å²) >= 11 is 0. The van der Waals surface area contributed by atoms with Crippen LogP contribution in [0.15, 0.2) is 169 Å². The Balaban J connectivity index is 2.62. The van der Waals surface area contributed by atoms with E-state index in [0.29, 0.717) is 12.1 Å². The number of rotatable bonds is 12. The van der Waals surface area contributed by atoms with E-state index in [0.717, 1.165) is 61.5 Å². The first-order chi connectivity index (χ1) is 19.9. The number of nitrogens with zero attached hydrogens (tertiary/aromatic N) is 1. The molecule has 2 nitrogen and oxygen atoms in total. The molecule has 2 heterocycles. The van der Waals surface area contributed by atoms with Gasteiger partial charge >= 0.3 is 0 Å². The molecule has 1 aromatic rings. The van der Waals surface area contributed by atoms with Crippen LogP contribution < -0.4 is 15.1 Å². The molecule has 3 rings (SSSR count). The van der Waals surface area contributed by atoms with Gasteiger partial charge in [-0.3, -0.25) is 0 Å². The third kappa shape index (κ3) is 6.02. The van der Waals surface area contributed by atoms with Gasteiger partial charge in [-0.2, -0.15) is 0 Å². The van der Waals surface area contributed by atoms with Crippen LogP contribution in [0.5, 0.6) is 5.75 Å². The molecule has 2 aliphatic heterocycles. The predicted octanol–water partition coefficient (Wildman–Crippen LogP) is 8.64. The van der Waals surface area contributed by atoms with Gasteiger partial charge in [-0.1, -0.05) is 112 Å². The monoisotopic (exact) mass is 535 g/mol. The lowest BCUT2D eigenvalue weighted by molar-refractivity contribution is 0.443. The Labute approximate surface area is 249 Å². The van der Waals surface area contributed by atoms with Crippen LogP contribution >= 0.6 is 0 Å². The van der Waals surface area contributed by atoms with Crippen molar-refractivity contribution in [1.82, 2.24) is 0 Å². The summed E-state index contributed by atoms with van der Waals surface area (Å²) in [7, 11) is 6.24. The van der Waals surface area contributed by atoms with E-state index in [-0.39, 0.29) is 6.71 Å². The van der Waals surface area contributed by atoms with Gasteiger partial charge in [0.1, 0.15) is 11.5 Å². The molecule has 0 unspecified atom stereocenters. The minimum absolute atomic E-state index is 0.128. The van der Waals surface area contributed by atoms with E-state index in [2.05, 4.69) is 88.9 Å². The zero-order valence-corrected chi connectivity index (χ0v) is 24.9. The minimum Gasteiger partial charge on any atom is -0.458 e. The quantitative estimate of drug-likeness (QED) is 0.196. The second kappa shape index (κ2) is 14.3. The van der Waals surface area contributed by atoms with Gasteiger partial charge in [0.15, 0.2) is 0 Å². The fourth-order valence-electron chi connectivity index (χ4n) is 5.31. The molecule has 2 aliphatic rings. The summed E-state index contributed by atoms with van der Waals surface area (Å²) < 4.78 is 6.52. The number of hydrogen-bond donors (Lipinski definition) is 0. The van der Waals surface area contributed by atoms with Gasteiger partial charge in [-0.05, 0) is 79.5 Å². The summed E-state index contributed by atoms with van der Waals surface area (Å²) in [5.41, 5.74) is 10.3. The Morgan fingerprint density at radius 3 is 2.22 bits per heavy atom. The lowest BCUT2D eigenvalue weighted by Crippen LogP contribution is -2.48. The van der Waals surface area contributed by atoms with Crippen molar-refractivity contribution in [2.75, 3.05) is 4.90 Å². The molecular weight excluding hydrogens is 496 g/mol. The van der Waals surface area contributed by atoms with E-state index >= 15 is 0 Å². The van der Waals surface area contributed by atoms with Crippen molar-refractivity contribution in [3.05, 3.63) is 174 Å². The van der Waals surface area contributed by atoms with Crippen molar-refractivity contribution in [2.24, 2.45) is 0 Å². The normalized spacial score (nSPS) is 16.3. The summed E-state index contributed by atoms with van der Waals surface area (Å²) in [5, 5.41) is 0. The molecule has 0 saturated carbocycles. The summed E-state index contributed by atoms with van der Waals surface area (Å²) in [6.45, 7) is 28.5. The van der Waals surface area contributed by atoms with Gasteiger partial charge in [0, 0.05) is 17.0 Å². The Kier molecular flexibility index (Phi) is 10.8. The Morgan fingerprint density at radius 2 is 1.66 bits per heavy atom. The van der Waals surface area contributed by atoms with E-state index in [9.17, 15) is 0 Å².